The van der Waals surface area contributed by atoms with Gasteiger partial charge >= 0.3 is 12.0 Å². The molecular weight excluding hydrogens is 378 g/mol. The molecule has 1 aromatic heterocycles. The summed E-state index contributed by atoms with van der Waals surface area (Å²) in [6.45, 7) is 1.63. The molecule has 1 aliphatic carbocycles. The van der Waals surface area contributed by atoms with E-state index >= 15 is 0 Å². The molecule has 1 saturated carbocycles. The minimum absolute atomic E-state index is 0.0814. The second-order valence-corrected chi connectivity index (χ2v) is 8.24. The van der Waals surface area contributed by atoms with E-state index in [1.165, 1.54) is 17.8 Å². The molecule has 1 aliphatic rings. The molecule has 2 aromatic rings. The van der Waals surface area contributed by atoms with Gasteiger partial charge in [0, 0.05) is 12.5 Å². The summed E-state index contributed by atoms with van der Waals surface area (Å²) >= 11 is 1.54. The first-order valence-electron chi connectivity index (χ1n) is 9.61. The maximum atomic E-state index is 11.9. The molecule has 3 amide bonds. The van der Waals surface area contributed by atoms with Crippen LogP contribution in [-0.4, -0.2) is 35.5 Å². The number of rotatable bonds is 6. The van der Waals surface area contributed by atoms with Crippen molar-refractivity contribution in [1.82, 2.24) is 15.6 Å². The Bertz CT molecular complexity index is 818. The number of benzene rings is 1. The molecule has 1 fully saturated rings. The van der Waals surface area contributed by atoms with Crippen LogP contribution in [0.4, 0.5) is 4.79 Å². The van der Waals surface area contributed by atoms with E-state index in [-0.39, 0.29) is 12.5 Å². The Kier molecular flexibility index (Phi) is 6.97. The van der Waals surface area contributed by atoms with Gasteiger partial charge in [-0.05, 0) is 30.9 Å². The predicted octanol–water partition coefficient (Wildman–Crippen LogP) is 3.18. The molecule has 150 valence electrons. The van der Waals surface area contributed by atoms with Gasteiger partial charge < -0.3 is 10.1 Å². The topological polar surface area (TPSA) is 97.4 Å². The van der Waals surface area contributed by atoms with Gasteiger partial charge in [-0.15, -0.1) is 11.3 Å². The number of aryl methyl sites for hydroxylation is 1. The Hall–Kier alpha value is -2.48. The predicted molar refractivity (Wildman–Crippen MR) is 107 cm³/mol. The molecule has 28 heavy (non-hydrogen) atoms. The van der Waals surface area contributed by atoms with Crippen LogP contribution in [0.15, 0.2) is 24.3 Å². The Morgan fingerprint density at radius 1 is 1.21 bits per heavy atom. The van der Waals surface area contributed by atoms with E-state index in [1.807, 2.05) is 24.3 Å². The summed E-state index contributed by atoms with van der Waals surface area (Å²) in [5.74, 6) is -0.722. The largest absolute Gasteiger partial charge is 0.456 e. The summed E-state index contributed by atoms with van der Waals surface area (Å²) in [5, 5.41) is 5.90. The van der Waals surface area contributed by atoms with E-state index in [0.717, 1.165) is 34.5 Å². The Balaban J connectivity index is 1.35. The van der Waals surface area contributed by atoms with Crippen molar-refractivity contribution in [3.8, 4) is 0 Å². The molecule has 1 heterocycles. The maximum absolute atomic E-state index is 11.9. The van der Waals surface area contributed by atoms with Gasteiger partial charge in [0.15, 0.2) is 6.61 Å². The standard InChI is InChI=1S/C20H25N3O4S/c1-13-6-2-3-7-14(13)22-20(26)23-17(24)12-27-19(25)11-10-18-21-15-8-4-5-9-16(15)28-18/h4-5,8-9,13-14H,2-3,6-7,10-12H2,1H3,(H2,22,23,24,26)/t13-,14+/m1/s1. The molecule has 7 nitrogen and oxygen atoms in total. The van der Waals surface area contributed by atoms with Crippen molar-refractivity contribution >= 4 is 39.5 Å². The van der Waals surface area contributed by atoms with Crippen molar-refractivity contribution in [2.75, 3.05) is 6.61 Å². The molecule has 0 saturated heterocycles. The average Bonchev–Trinajstić information content (AvgIpc) is 3.09. The lowest BCUT2D eigenvalue weighted by atomic mass is 9.86. The fourth-order valence-corrected chi connectivity index (χ4v) is 4.32. The molecule has 0 unspecified atom stereocenters. The first kappa shape index (κ1) is 20.3. The highest BCUT2D eigenvalue weighted by atomic mass is 32.1. The first-order chi connectivity index (χ1) is 13.5. The van der Waals surface area contributed by atoms with E-state index < -0.39 is 24.5 Å². The number of urea groups is 1. The highest BCUT2D eigenvalue weighted by molar-refractivity contribution is 7.18. The van der Waals surface area contributed by atoms with Crippen LogP contribution in [0.1, 0.15) is 44.0 Å². The third-order valence-electron chi connectivity index (χ3n) is 4.93. The normalized spacial score (nSPS) is 19.2. The van der Waals surface area contributed by atoms with Crippen LogP contribution in [0.25, 0.3) is 10.2 Å². The number of thiazole rings is 1. The van der Waals surface area contributed by atoms with Gasteiger partial charge in [0.2, 0.25) is 0 Å². The average molecular weight is 404 g/mol. The van der Waals surface area contributed by atoms with Crippen LogP contribution in [0.3, 0.4) is 0 Å². The number of ether oxygens (including phenoxy) is 1. The number of fused-ring (bicyclic) bond motifs is 1. The fourth-order valence-electron chi connectivity index (χ4n) is 3.35. The lowest BCUT2D eigenvalue weighted by Gasteiger charge is -2.29. The highest BCUT2D eigenvalue weighted by Gasteiger charge is 2.23. The van der Waals surface area contributed by atoms with E-state index in [1.54, 1.807) is 0 Å². The highest BCUT2D eigenvalue weighted by Crippen LogP contribution is 2.24. The van der Waals surface area contributed by atoms with Crippen molar-refractivity contribution in [2.45, 2.75) is 51.5 Å². The number of carbonyl (C=O) groups excluding carboxylic acids is 3. The van der Waals surface area contributed by atoms with Gasteiger partial charge in [-0.25, -0.2) is 9.78 Å². The van der Waals surface area contributed by atoms with E-state index in [4.69, 9.17) is 4.74 Å². The number of nitrogens with one attached hydrogen (secondary N) is 2. The van der Waals surface area contributed by atoms with Crippen molar-refractivity contribution in [1.29, 1.82) is 0 Å². The molecule has 0 radical (unpaired) electrons. The van der Waals surface area contributed by atoms with Gasteiger partial charge in [0.1, 0.15) is 0 Å². The summed E-state index contributed by atoms with van der Waals surface area (Å²) in [4.78, 5) is 40.0. The van der Waals surface area contributed by atoms with Crippen LogP contribution >= 0.6 is 11.3 Å². The third-order valence-corrected chi connectivity index (χ3v) is 6.02. The van der Waals surface area contributed by atoms with Gasteiger partial charge in [-0.2, -0.15) is 0 Å². The molecule has 3 rings (SSSR count). The summed E-state index contributed by atoms with van der Waals surface area (Å²) in [6, 6.07) is 7.33. The number of carbonyl (C=O) groups is 3. The van der Waals surface area contributed by atoms with Crippen LogP contribution < -0.4 is 10.6 Å². The smallest absolute Gasteiger partial charge is 0.321 e. The van der Waals surface area contributed by atoms with Crippen molar-refractivity contribution in [3.63, 3.8) is 0 Å². The van der Waals surface area contributed by atoms with Crippen molar-refractivity contribution < 1.29 is 19.1 Å². The number of imide groups is 1. The maximum Gasteiger partial charge on any atom is 0.321 e. The van der Waals surface area contributed by atoms with Gasteiger partial charge in [0.25, 0.3) is 5.91 Å². The number of esters is 1. The molecule has 8 heteroatoms. The Morgan fingerprint density at radius 2 is 2.00 bits per heavy atom. The molecule has 0 aliphatic heterocycles. The quantitative estimate of drug-likeness (QED) is 0.722. The van der Waals surface area contributed by atoms with Crippen LogP contribution in [0, 0.1) is 5.92 Å². The van der Waals surface area contributed by atoms with Gasteiger partial charge in [-0.3, -0.25) is 14.9 Å². The molecule has 0 bridgehead atoms. The summed E-state index contributed by atoms with van der Waals surface area (Å²) in [6.07, 6.45) is 4.84. The minimum atomic E-state index is -0.630. The number of hydrogen-bond donors (Lipinski definition) is 2. The zero-order chi connectivity index (χ0) is 19.9. The minimum Gasteiger partial charge on any atom is -0.456 e. The lowest BCUT2D eigenvalue weighted by molar-refractivity contribution is -0.148. The van der Waals surface area contributed by atoms with Crippen molar-refractivity contribution in [3.05, 3.63) is 29.3 Å². The fraction of sp³-hybridized carbons (Fsp3) is 0.500. The number of hydrogen-bond acceptors (Lipinski definition) is 6. The summed E-state index contributed by atoms with van der Waals surface area (Å²) in [5.41, 5.74) is 0.911. The molecule has 2 N–H and O–H groups in total. The van der Waals surface area contributed by atoms with E-state index in [2.05, 4.69) is 22.5 Å². The van der Waals surface area contributed by atoms with E-state index in [9.17, 15) is 14.4 Å². The second-order valence-electron chi connectivity index (χ2n) is 7.13. The Labute approximate surface area is 167 Å². The summed E-state index contributed by atoms with van der Waals surface area (Å²) < 4.78 is 6.03. The SMILES string of the molecule is C[C@@H]1CCCC[C@@H]1NC(=O)NC(=O)COC(=O)CCc1nc2ccccc2s1. The molecule has 1 aromatic carbocycles. The van der Waals surface area contributed by atoms with Gasteiger partial charge in [0.05, 0.1) is 21.6 Å². The monoisotopic (exact) mass is 403 g/mol. The summed E-state index contributed by atoms with van der Waals surface area (Å²) in [7, 11) is 0. The zero-order valence-electron chi connectivity index (χ0n) is 15.9. The van der Waals surface area contributed by atoms with E-state index in [0.29, 0.717) is 12.3 Å². The number of amides is 3. The Morgan fingerprint density at radius 3 is 2.79 bits per heavy atom. The molecule has 0 spiro atoms. The lowest BCUT2D eigenvalue weighted by Crippen LogP contribution is -2.48. The molecule has 2 atom stereocenters. The number of aromatic nitrogens is 1. The first-order valence-corrected chi connectivity index (χ1v) is 10.4. The van der Waals surface area contributed by atoms with Crippen LogP contribution in [0.2, 0.25) is 0 Å². The number of para-hydroxylation sites is 1. The second kappa shape index (κ2) is 9.64. The third kappa shape index (κ3) is 5.76. The molecular formula is C20H25N3O4S. The zero-order valence-corrected chi connectivity index (χ0v) is 16.7. The van der Waals surface area contributed by atoms with Crippen molar-refractivity contribution in [2.24, 2.45) is 5.92 Å². The van der Waals surface area contributed by atoms with Gasteiger partial charge in [-0.1, -0.05) is 31.9 Å². The van der Waals surface area contributed by atoms with Crippen LogP contribution in [0.5, 0.6) is 0 Å². The number of nitrogens with zero attached hydrogens (tertiary/aromatic N) is 1. The van der Waals surface area contributed by atoms with Crippen LogP contribution in [-0.2, 0) is 20.7 Å².